The zero-order chi connectivity index (χ0) is 22.3. The van der Waals surface area contributed by atoms with Crippen molar-refractivity contribution in [2.24, 2.45) is 7.05 Å². The van der Waals surface area contributed by atoms with Crippen molar-refractivity contribution >= 4 is 39.1 Å². The Kier molecular flexibility index (Phi) is 5.32. The third-order valence-corrected chi connectivity index (χ3v) is 6.13. The summed E-state index contributed by atoms with van der Waals surface area (Å²) in [5, 5.41) is 15.0. The van der Waals surface area contributed by atoms with Crippen LogP contribution in [-0.4, -0.2) is 37.9 Å². The van der Waals surface area contributed by atoms with Gasteiger partial charge in [0.1, 0.15) is 10.6 Å². The van der Waals surface area contributed by atoms with Gasteiger partial charge in [0, 0.05) is 12.4 Å². The Balaban J connectivity index is 1.48. The first kappa shape index (κ1) is 20.7. The maximum atomic E-state index is 13.2. The van der Waals surface area contributed by atoms with E-state index in [1.807, 2.05) is 20.8 Å². The first-order valence-corrected chi connectivity index (χ1v) is 10.4. The molecule has 2 N–H and O–H groups in total. The molecular formula is C21H21FN6O2S. The van der Waals surface area contributed by atoms with Gasteiger partial charge >= 0.3 is 0 Å². The van der Waals surface area contributed by atoms with E-state index in [-0.39, 0.29) is 24.2 Å². The molecule has 1 aromatic carbocycles. The van der Waals surface area contributed by atoms with Gasteiger partial charge in [-0.2, -0.15) is 10.2 Å². The molecule has 10 heteroatoms. The van der Waals surface area contributed by atoms with Crippen molar-refractivity contribution in [2.45, 2.75) is 20.8 Å². The predicted molar refractivity (Wildman–Crippen MR) is 117 cm³/mol. The normalized spacial score (nSPS) is 11.1. The molecule has 0 saturated heterocycles. The number of thiophene rings is 1. The van der Waals surface area contributed by atoms with Crippen LogP contribution in [0.4, 0.5) is 10.1 Å². The van der Waals surface area contributed by atoms with Crippen LogP contribution < -0.4 is 10.6 Å². The van der Waals surface area contributed by atoms with Crippen LogP contribution in [0.3, 0.4) is 0 Å². The zero-order valence-corrected chi connectivity index (χ0v) is 18.3. The standard InChI is InChI=1S/C21H21FN6O2S/c1-11-16-9-17(31-21(16)28(26-11)15-7-5-14(22)6-8-15)20(30)23-10-18(29)24-19-12(2)25-27(4)13(19)3/h5-9H,10H2,1-4H3,(H,23,30)(H,24,29). The SMILES string of the molecule is Cc1nn(C)c(C)c1NC(=O)CNC(=O)c1cc2c(C)nn(-c3ccc(F)cc3)c2s1. The molecule has 0 unspecified atom stereocenters. The van der Waals surface area contributed by atoms with Crippen LogP contribution in [0.25, 0.3) is 15.9 Å². The lowest BCUT2D eigenvalue weighted by Gasteiger charge is -2.07. The molecule has 3 aromatic heterocycles. The van der Waals surface area contributed by atoms with Gasteiger partial charge < -0.3 is 10.6 Å². The van der Waals surface area contributed by atoms with Crippen molar-refractivity contribution in [3.8, 4) is 5.69 Å². The van der Waals surface area contributed by atoms with E-state index in [0.717, 1.165) is 21.6 Å². The predicted octanol–water partition coefficient (Wildman–Crippen LogP) is 3.25. The molecular weight excluding hydrogens is 419 g/mol. The molecule has 31 heavy (non-hydrogen) atoms. The van der Waals surface area contributed by atoms with Crippen molar-refractivity contribution in [1.29, 1.82) is 0 Å². The number of amides is 2. The molecule has 2 amide bonds. The van der Waals surface area contributed by atoms with E-state index >= 15 is 0 Å². The molecule has 0 bridgehead atoms. The number of carbonyl (C=O) groups excluding carboxylic acids is 2. The average molecular weight is 441 g/mol. The highest BCUT2D eigenvalue weighted by atomic mass is 32.1. The summed E-state index contributed by atoms with van der Waals surface area (Å²) in [7, 11) is 1.80. The van der Waals surface area contributed by atoms with Crippen LogP contribution in [0.15, 0.2) is 30.3 Å². The van der Waals surface area contributed by atoms with Crippen molar-refractivity contribution in [3.05, 3.63) is 58.1 Å². The lowest BCUT2D eigenvalue weighted by atomic mass is 10.3. The number of nitrogens with zero attached hydrogens (tertiary/aromatic N) is 4. The molecule has 4 aromatic rings. The summed E-state index contributed by atoms with van der Waals surface area (Å²) < 4.78 is 16.6. The number of hydrogen-bond acceptors (Lipinski definition) is 5. The lowest BCUT2D eigenvalue weighted by Crippen LogP contribution is -2.32. The molecule has 4 rings (SSSR count). The number of halogens is 1. The highest BCUT2D eigenvalue weighted by Gasteiger charge is 2.18. The summed E-state index contributed by atoms with van der Waals surface area (Å²) in [6.07, 6.45) is 0. The molecule has 0 aliphatic carbocycles. The number of nitrogens with one attached hydrogen (secondary N) is 2. The minimum Gasteiger partial charge on any atom is -0.342 e. The van der Waals surface area contributed by atoms with Crippen LogP contribution in [0.5, 0.6) is 0 Å². The second kappa shape index (κ2) is 7.95. The summed E-state index contributed by atoms with van der Waals surface area (Å²) >= 11 is 1.27. The molecule has 0 spiro atoms. The Morgan fingerprint density at radius 2 is 1.81 bits per heavy atom. The molecule has 0 aliphatic heterocycles. The number of benzene rings is 1. The largest absolute Gasteiger partial charge is 0.342 e. The van der Waals surface area contributed by atoms with E-state index in [4.69, 9.17) is 0 Å². The van der Waals surface area contributed by atoms with Gasteiger partial charge in [-0.05, 0) is 51.1 Å². The maximum Gasteiger partial charge on any atom is 0.261 e. The number of fused-ring (bicyclic) bond motifs is 1. The van der Waals surface area contributed by atoms with Gasteiger partial charge in [-0.3, -0.25) is 14.3 Å². The fourth-order valence-electron chi connectivity index (χ4n) is 3.30. The van der Waals surface area contributed by atoms with Gasteiger partial charge in [-0.1, -0.05) is 0 Å². The third kappa shape index (κ3) is 3.93. The van der Waals surface area contributed by atoms with E-state index in [1.54, 1.807) is 34.6 Å². The van der Waals surface area contributed by atoms with E-state index in [0.29, 0.717) is 21.9 Å². The summed E-state index contributed by atoms with van der Waals surface area (Å²) in [6, 6.07) is 7.75. The molecule has 0 fully saturated rings. The highest BCUT2D eigenvalue weighted by molar-refractivity contribution is 7.20. The van der Waals surface area contributed by atoms with E-state index < -0.39 is 0 Å². The van der Waals surface area contributed by atoms with Crippen LogP contribution in [-0.2, 0) is 11.8 Å². The van der Waals surface area contributed by atoms with Gasteiger partial charge in [-0.25, -0.2) is 9.07 Å². The molecule has 0 atom stereocenters. The lowest BCUT2D eigenvalue weighted by molar-refractivity contribution is -0.115. The Morgan fingerprint density at radius 1 is 1.10 bits per heavy atom. The average Bonchev–Trinajstić information content (AvgIpc) is 3.37. The first-order chi connectivity index (χ1) is 14.7. The zero-order valence-electron chi connectivity index (χ0n) is 17.5. The summed E-state index contributed by atoms with van der Waals surface area (Å²) in [4.78, 5) is 26.2. The number of anilines is 1. The van der Waals surface area contributed by atoms with Crippen molar-refractivity contribution in [2.75, 3.05) is 11.9 Å². The van der Waals surface area contributed by atoms with E-state index in [9.17, 15) is 14.0 Å². The summed E-state index contributed by atoms with van der Waals surface area (Å²) in [5.74, 6) is -1.01. The maximum absolute atomic E-state index is 13.2. The molecule has 3 heterocycles. The number of aryl methyl sites for hydroxylation is 3. The highest BCUT2D eigenvalue weighted by Crippen LogP contribution is 2.30. The Morgan fingerprint density at radius 3 is 2.45 bits per heavy atom. The quantitative estimate of drug-likeness (QED) is 0.498. The first-order valence-electron chi connectivity index (χ1n) is 9.58. The molecule has 0 saturated carbocycles. The Bertz CT molecular complexity index is 1300. The van der Waals surface area contributed by atoms with Gasteiger partial charge in [0.15, 0.2) is 0 Å². The number of carbonyl (C=O) groups is 2. The van der Waals surface area contributed by atoms with Gasteiger partial charge in [0.25, 0.3) is 5.91 Å². The van der Waals surface area contributed by atoms with Crippen LogP contribution in [0.1, 0.15) is 26.8 Å². The molecule has 8 nitrogen and oxygen atoms in total. The fourth-order valence-corrected chi connectivity index (χ4v) is 4.40. The van der Waals surface area contributed by atoms with Crippen LogP contribution in [0, 0.1) is 26.6 Å². The monoisotopic (exact) mass is 440 g/mol. The fraction of sp³-hybridized carbons (Fsp3) is 0.238. The van der Waals surface area contributed by atoms with E-state index in [1.165, 1.54) is 23.5 Å². The van der Waals surface area contributed by atoms with E-state index in [2.05, 4.69) is 20.8 Å². The number of rotatable bonds is 5. The third-order valence-electron chi connectivity index (χ3n) is 5.02. The molecule has 0 radical (unpaired) electrons. The topological polar surface area (TPSA) is 93.8 Å². The van der Waals surface area contributed by atoms with Crippen molar-refractivity contribution in [3.63, 3.8) is 0 Å². The van der Waals surface area contributed by atoms with Gasteiger partial charge in [0.05, 0.1) is 39.9 Å². The second-order valence-electron chi connectivity index (χ2n) is 7.20. The second-order valence-corrected chi connectivity index (χ2v) is 8.23. The van der Waals surface area contributed by atoms with Crippen molar-refractivity contribution in [1.82, 2.24) is 24.9 Å². The van der Waals surface area contributed by atoms with Gasteiger partial charge in [0.2, 0.25) is 5.91 Å². The summed E-state index contributed by atoms with van der Waals surface area (Å²) in [6.45, 7) is 5.36. The Labute approximate surface area is 181 Å². The minimum absolute atomic E-state index is 0.163. The van der Waals surface area contributed by atoms with Crippen molar-refractivity contribution < 1.29 is 14.0 Å². The summed E-state index contributed by atoms with van der Waals surface area (Å²) in [5.41, 5.74) is 3.66. The van der Waals surface area contributed by atoms with Crippen LogP contribution >= 0.6 is 11.3 Å². The number of hydrogen-bond donors (Lipinski definition) is 2. The molecule has 0 aliphatic rings. The van der Waals surface area contributed by atoms with Gasteiger partial charge in [-0.15, -0.1) is 11.3 Å². The Hall–Kier alpha value is -3.53. The minimum atomic E-state index is -0.346. The molecule has 160 valence electrons. The van der Waals surface area contributed by atoms with Crippen LogP contribution in [0.2, 0.25) is 0 Å². The number of aromatic nitrogens is 4. The smallest absolute Gasteiger partial charge is 0.261 e.